The van der Waals surface area contributed by atoms with Crippen LogP contribution in [0.25, 0.3) is 21.7 Å². The number of esters is 1. The molecule has 5 heteroatoms. The lowest BCUT2D eigenvalue weighted by Gasteiger charge is -2.21. The van der Waals surface area contributed by atoms with Crippen molar-refractivity contribution in [3.8, 4) is 0 Å². The lowest BCUT2D eigenvalue weighted by Crippen LogP contribution is -2.39. The van der Waals surface area contributed by atoms with Crippen LogP contribution in [0.2, 0.25) is 0 Å². The highest BCUT2D eigenvalue weighted by Crippen LogP contribution is 2.31. The Kier molecular flexibility index (Phi) is 4.51. The quantitative estimate of drug-likeness (QED) is 0.469. The van der Waals surface area contributed by atoms with Crippen LogP contribution in [-0.2, 0) is 27.2 Å². The van der Waals surface area contributed by atoms with E-state index in [1.807, 2.05) is 60.7 Å². The molecule has 0 saturated carbocycles. The zero-order chi connectivity index (χ0) is 20.7. The van der Waals surface area contributed by atoms with E-state index < -0.39 is 12.1 Å². The van der Waals surface area contributed by atoms with E-state index in [1.54, 1.807) is 18.1 Å². The highest BCUT2D eigenvalue weighted by molar-refractivity contribution is 6.08. The maximum Gasteiger partial charge on any atom is 0.311 e. The molecule has 0 N–H and O–H groups in total. The zero-order valence-electron chi connectivity index (χ0n) is 16.6. The summed E-state index contributed by atoms with van der Waals surface area (Å²) in [5.74, 6) is -0.644. The Morgan fingerprint density at radius 1 is 1.07 bits per heavy atom. The molecule has 0 fully saturated rings. The molecule has 1 amide bonds. The van der Waals surface area contributed by atoms with Crippen molar-refractivity contribution < 1.29 is 18.7 Å². The van der Waals surface area contributed by atoms with E-state index in [0.717, 1.165) is 45.0 Å². The fourth-order valence-electron chi connectivity index (χ4n) is 4.24. The number of hydrogen-bond acceptors (Lipinski definition) is 4. The van der Waals surface area contributed by atoms with Crippen LogP contribution in [-0.4, -0.2) is 24.5 Å². The summed E-state index contributed by atoms with van der Waals surface area (Å²) < 4.78 is 11.1. The first-order valence-electron chi connectivity index (χ1n) is 10.1. The second kappa shape index (κ2) is 7.34. The molecule has 0 aliphatic carbocycles. The number of ether oxygens (including phenoxy) is 1. The van der Waals surface area contributed by atoms with Crippen LogP contribution in [0.3, 0.4) is 0 Å². The molecule has 5 rings (SSSR count). The van der Waals surface area contributed by atoms with E-state index in [0.29, 0.717) is 6.54 Å². The van der Waals surface area contributed by atoms with Crippen molar-refractivity contribution in [2.24, 2.45) is 0 Å². The third-order valence-corrected chi connectivity index (χ3v) is 5.68. The monoisotopic (exact) mass is 399 g/mol. The Morgan fingerprint density at radius 2 is 1.87 bits per heavy atom. The van der Waals surface area contributed by atoms with Gasteiger partial charge >= 0.3 is 5.97 Å². The fourth-order valence-corrected chi connectivity index (χ4v) is 4.24. The van der Waals surface area contributed by atoms with E-state index in [9.17, 15) is 9.59 Å². The molecule has 30 heavy (non-hydrogen) atoms. The molecule has 1 atom stereocenters. The standard InChI is InChI=1S/C25H21NO4/c1-16(25(28)26-13-12-18-7-3-5-9-21(18)26)30-23(27)14-19-15-29-22-11-10-17-6-2-4-8-20(17)24(19)22/h2-11,15-16H,12-14H2,1H3/t16-/m0/s1. The van der Waals surface area contributed by atoms with Crippen molar-refractivity contribution in [3.63, 3.8) is 0 Å². The molecule has 0 unspecified atom stereocenters. The molecule has 1 aliphatic rings. The van der Waals surface area contributed by atoms with Gasteiger partial charge in [0.25, 0.3) is 5.91 Å². The fraction of sp³-hybridized carbons (Fsp3) is 0.200. The summed E-state index contributed by atoms with van der Waals surface area (Å²) in [6.45, 7) is 2.24. The number of carbonyl (C=O) groups is 2. The summed E-state index contributed by atoms with van der Waals surface area (Å²) in [6.07, 6.45) is 1.62. The first kappa shape index (κ1) is 18.4. The Labute approximate surface area is 173 Å². The lowest BCUT2D eigenvalue weighted by molar-refractivity contribution is -0.153. The highest BCUT2D eigenvalue weighted by Gasteiger charge is 2.30. The summed E-state index contributed by atoms with van der Waals surface area (Å²) in [6, 6.07) is 19.7. The average Bonchev–Trinajstić information content (AvgIpc) is 3.37. The van der Waals surface area contributed by atoms with Crippen LogP contribution in [0.5, 0.6) is 0 Å². The van der Waals surface area contributed by atoms with Gasteiger partial charge in [0, 0.05) is 23.2 Å². The number of rotatable bonds is 4. The van der Waals surface area contributed by atoms with Crippen LogP contribution in [0, 0.1) is 0 Å². The van der Waals surface area contributed by atoms with Crippen molar-refractivity contribution in [2.75, 3.05) is 11.4 Å². The highest BCUT2D eigenvalue weighted by atomic mass is 16.5. The van der Waals surface area contributed by atoms with Gasteiger partial charge in [0.1, 0.15) is 5.58 Å². The number of furan rings is 1. The van der Waals surface area contributed by atoms with Crippen molar-refractivity contribution >= 4 is 39.3 Å². The molecule has 5 nitrogen and oxygen atoms in total. The summed E-state index contributed by atoms with van der Waals surface area (Å²) in [5, 5.41) is 3.03. The van der Waals surface area contributed by atoms with Crippen LogP contribution in [0.1, 0.15) is 18.1 Å². The number of nitrogens with zero attached hydrogens (tertiary/aromatic N) is 1. The maximum atomic E-state index is 12.9. The Hall–Kier alpha value is -3.60. The van der Waals surface area contributed by atoms with Gasteiger partial charge in [-0.25, -0.2) is 0 Å². The minimum Gasteiger partial charge on any atom is -0.464 e. The first-order chi connectivity index (χ1) is 14.6. The molecule has 2 heterocycles. The molecule has 0 radical (unpaired) electrons. The molecule has 150 valence electrons. The molecule has 1 aliphatic heterocycles. The summed E-state index contributed by atoms with van der Waals surface area (Å²) >= 11 is 0. The Morgan fingerprint density at radius 3 is 2.77 bits per heavy atom. The predicted molar refractivity (Wildman–Crippen MR) is 115 cm³/mol. The molecular weight excluding hydrogens is 378 g/mol. The minimum atomic E-state index is -0.849. The second-order valence-electron chi connectivity index (χ2n) is 7.60. The van der Waals surface area contributed by atoms with Gasteiger partial charge in [-0.3, -0.25) is 9.59 Å². The molecular formula is C25H21NO4. The maximum absolute atomic E-state index is 12.9. The van der Waals surface area contributed by atoms with E-state index >= 15 is 0 Å². The molecule has 0 spiro atoms. The third kappa shape index (κ3) is 3.12. The normalized spacial score (nSPS) is 14.1. The number of carbonyl (C=O) groups excluding carboxylic acids is 2. The smallest absolute Gasteiger partial charge is 0.311 e. The average molecular weight is 399 g/mol. The van der Waals surface area contributed by atoms with Crippen LogP contribution in [0.4, 0.5) is 5.69 Å². The molecule has 3 aromatic carbocycles. The first-order valence-corrected chi connectivity index (χ1v) is 10.1. The largest absolute Gasteiger partial charge is 0.464 e. The van der Waals surface area contributed by atoms with Crippen LogP contribution in [0.15, 0.2) is 71.3 Å². The van der Waals surface area contributed by atoms with E-state index in [2.05, 4.69) is 0 Å². The number of benzene rings is 3. The van der Waals surface area contributed by atoms with Gasteiger partial charge in [-0.05, 0) is 41.8 Å². The number of anilines is 1. The summed E-state index contributed by atoms with van der Waals surface area (Å²) in [7, 11) is 0. The van der Waals surface area contributed by atoms with Crippen molar-refractivity contribution in [2.45, 2.75) is 25.9 Å². The summed E-state index contributed by atoms with van der Waals surface area (Å²) in [5.41, 5.74) is 3.53. The molecule has 0 saturated heterocycles. The molecule has 1 aromatic heterocycles. The number of amides is 1. The van der Waals surface area contributed by atoms with Gasteiger partial charge in [0.15, 0.2) is 6.10 Å². The van der Waals surface area contributed by atoms with Crippen molar-refractivity contribution in [1.29, 1.82) is 0 Å². The van der Waals surface area contributed by atoms with Gasteiger partial charge < -0.3 is 14.1 Å². The number of hydrogen-bond donors (Lipinski definition) is 0. The SMILES string of the molecule is C[C@H](OC(=O)Cc1coc2ccc3ccccc3c12)C(=O)N1CCc2ccccc21. The lowest BCUT2D eigenvalue weighted by atomic mass is 10.0. The molecule has 0 bridgehead atoms. The van der Waals surface area contributed by atoms with Gasteiger partial charge in [-0.2, -0.15) is 0 Å². The van der Waals surface area contributed by atoms with Gasteiger partial charge in [-0.15, -0.1) is 0 Å². The van der Waals surface area contributed by atoms with E-state index in [-0.39, 0.29) is 12.3 Å². The Bertz CT molecular complexity index is 1270. The van der Waals surface area contributed by atoms with Gasteiger partial charge in [0.05, 0.1) is 12.7 Å². The van der Waals surface area contributed by atoms with Crippen LogP contribution >= 0.6 is 0 Å². The number of para-hydroxylation sites is 1. The van der Waals surface area contributed by atoms with Gasteiger partial charge in [-0.1, -0.05) is 48.5 Å². The van der Waals surface area contributed by atoms with E-state index in [1.165, 1.54) is 0 Å². The topological polar surface area (TPSA) is 59.8 Å². The van der Waals surface area contributed by atoms with Crippen molar-refractivity contribution in [3.05, 3.63) is 78.1 Å². The minimum absolute atomic E-state index is 0.0508. The van der Waals surface area contributed by atoms with Crippen LogP contribution < -0.4 is 4.90 Å². The van der Waals surface area contributed by atoms with E-state index in [4.69, 9.17) is 9.15 Å². The van der Waals surface area contributed by atoms with Crippen molar-refractivity contribution in [1.82, 2.24) is 0 Å². The zero-order valence-corrected chi connectivity index (χ0v) is 16.6. The molecule has 4 aromatic rings. The number of fused-ring (bicyclic) bond motifs is 4. The third-order valence-electron chi connectivity index (χ3n) is 5.68. The summed E-state index contributed by atoms with van der Waals surface area (Å²) in [4.78, 5) is 27.2. The Balaban J connectivity index is 1.33. The second-order valence-corrected chi connectivity index (χ2v) is 7.60. The van der Waals surface area contributed by atoms with Gasteiger partial charge in [0.2, 0.25) is 0 Å². The predicted octanol–water partition coefficient (Wildman–Crippen LogP) is 4.65.